The van der Waals surface area contributed by atoms with E-state index < -0.39 is 5.82 Å². The molecule has 0 saturated heterocycles. The molecule has 2 aromatic rings. The second-order valence-corrected chi connectivity index (χ2v) is 5.22. The summed E-state index contributed by atoms with van der Waals surface area (Å²) in [6.07, 6.45) is 0.619. The lowest BCUT2D eigenvalue weighted by atomic mass is 10.2. The lowest BCUT2D eigenvalue weighted by Crippen LogP contribution is -1.98. The van der Waals surface area contributed by atoms with Gasteiger partial charge in [-0.3, -0.25) is 4.79 Å². The van der Waals surface area contributed by atoms with Crippen molar-refractivity contribution in [3.05, 3.63) is 46.5 Å². The van der Waals surface area contributed by atoms with Gasteiger partial charge in [-0.2, -0.15) is 0 Å². The molecule has 1 heterocycles. The number of hydrogen-bond donors (Lipinski definition) is 0. The van der Waals surface area contributed by atoms with Gasteiger partial charge in [0.05, 0.1) is 4.90 Å². The van der Waals surface area contributed by atoms with E-state index in [1.165, 1.54) is 6.07 Å². The molecule has 0 unspecified atom stereocenters. The molecule has 0 aliphatic carbocycles. The fraction of sp³-hybridized carbons (Fsp3) is 0.214. The predicted molar refractivity (Wildman–Crippen MR) is 72.2 cm³/mol. The van der Waals surface area contributed by atoms with Gasteiger partial charge < -0.3 is 0 Å². The first-order valence-electron chi connectivity index (χ1n) is 5.75. The predicted octanol–water partition coefficient (Wildman–Crippen LogP) is 3.50. The molecule has 0 fully saturated rings. The van der Waals surface area contributed by atoms with Gasteiger partial charge in [0.15, 0.2) is 5.16 Å². The molecule has 0 radical (unpaired) electrons. The largest absolute Gasteiger partial charge is 0.298 e. The summed E-state index contributed by atoms with van der Waals surface area (Å²) in [5, 5.41) is 0.512. The van der Waals surface area contributed by atoms with Crippen LogP contribution in [0.3, 0.4) is 0 Å². The number of aryl methyl sites for hydroxylation is 2. The van der Waals surface area contributed by atoms with Gasteiger partial charge in [0, 0.05) is 17.0 Å². The van der Waals surface area contributed by atoms with Gasteiger partial charge >= 0.3 is 0 Å². The molecule has 19 heavy (non-hydrogen) atoms. The van der Waals surface area contributed by atoms with E-state index in [1.54, 1.807) is 12.1 Å². The molecule has 0 aliphatic rings. The zero-order valence-electron chi connectivity index (χ0n) is 10.9. The van der Waals surface area contributed by atoms with E-state index in [0.29, 0.717) is 21.9 Å². The van der Waals surface area contributed by atoms with Gasteiger partial charge in [-0.05, 0) is 50.2 Å². The molecule has 3 nitrogen and oxygen atoms in total. The molecule has 0 atom stereocenters. The second kappa shape index (κ2) is 5.48. The van der Waals surface area contributed by atoms with Crippen LogP contribution in [0.4, 0.5) is 4.39 Å². The maximum Gasteiger partial charge on any atom is 0.192 e. The van der Waals surface area contributed by atoms with Crippen molar-refractivity contribution in [1.82, 2.24) is 9.97 Å². The van der Waals surface area contributed by atoms with E-state index in [2.05, 4.69) is 9.97 Å². The molecule has 0 aliphatic heterocycles. The highest BCUT2D eigenvalue weighted by Gasteiger charge is 2.10. The molecule has 0 saturated carbocycles. The molecular formula is C14H13FN2OS. The smallest absolute Gasteiger partial charge is 0.192 e. The van der Waals surface area contributed by atoms with Gasteiger partial charge in [-0.1, -0.05) is 6.07 Å². The number of benzene rings is 1. The van der Waals surface area contributed by atoms with Crippen LogP contribution >= 0.6 is 11.8 Å². The first kappa shape index (κ1) is 13.7. The van der Waals surface area contributed by atoms with Gasteiger partial charge in [0.2, 0.25) is 0 Å². The maximum absolute atomic E-state index is 13.8. The van der Waals surface area contributed by atoms with E-state index >= 15 is 0 Å². The number of carbonyl (C=O) groups is 1. The molecule has 0 spiro atoms. The Bertz CT molecular complexity index is 620. The summed E-state index contributed by atoms with van der Waals surface area (Å²) in [4.78, 5) is 19.6. The first-order valence-corrected chi connectivity index (χ1v) is 6.57. The van der Waals surface area contributed by atoms with Gasteiger partial charge in [-0.15, -0.1) is 0 Å². The minimum absolute atomic E-state index is 0.319. The summed E-state index contributed by atoms with van der Waals surface area (Å²) in [6, 6.07) is 4.35. The Morgan fingerprint density at radius 2 is 1.79 bits per heavy atom. The van der Waals surface area contributed by atoms with Crippen LogP contribution in [0.2, 0.25) is 0 Å². The van der Waals surface area contributed by atoms with Gasteiger partial charge in [0.25, 0.3) is 0 Å². The number of rotatable bonds is 3. The van der Waals surface area contributed by atoms with Crippen LogP contribution in [0.5, 0.6) is 0 Å². The zero-order valence-corrected chi connectivity index (χ0v) is 11.7. The van der Waals surface area contributed by atoms with Crippen LogP contribution < -0.4 is 0 Å². The average molecular weight is 276 g/mol. The summed E-state index contributed by atoms with van der Waals surface area (Å²) in [5.74, 6) is -0.436. The van der Waals surface area contributed by atoms with Crippen LogP contribution in [-0.2, 0) is 0 Å². The van der Waals surface area contributed by atoms with Crippen molar-refractivity contribution in [2.45, 2.75) is 30.8 Å². The molecule has 5 heteroatoms. The Kier molecular flexibility index (Phi) is 3.95. The molecule has 2 rings (SSSR count). The van der Waals surface area contributed by atoms with Crippen molar-refractivity contribution in [1.29, 1.82) is 0 Å². The zero-order chi connectivity index (χ0) is 14.0. The summed E-state index contributed by atoms with van der Waals surface area (Å²) in [6.45, 7) is 5.76. The van der Waals surface area contributed by atoms with E-state index in [9.17, 15) is 9.18 Å². The van der Waals surface area contributed by atoms with E-state index in [0.717, 1.165) is 28.7 Å². The molecule has 0 amide bonds. The second-order valence-electron chi connectivity index (χ2n) is 4.21. The molecule has 1 aromatic carbocycles. The van der Waals surface area contributed by atoms with Crippen molar-refractivity contribution in [3.63, 3.8) is 0 Å². The normalized spacial score (nSPS) is 10.5. The minimum atomic E-state index is -0.436. The Hall–Kier alpha value is -1.75. The fourth-order valence-electron chi connectivity index (χ4n) is 1.56. The molecule has 1 aromatic heterocycles. The Morgan fingerprint density at radius 1 is 1.16 bits per heavy atom. The lowest BCUT2D eigenvalue weighted by Gasteiger charge is -2.07. The Morgan fingerprint density at radius 3 is 2.32 bits per heavy atom. The van der Waals surface area contributed by atoms with Crippen molar-refractivity contribution in [3.8, 4) is 0 Å². The molecule has 0 N–H and O–H groups in total. The highest BCUT2D eigenvalue weighted by molar-refractivity contribution is 7.99. The number of halogens is 1. The van der Waals surface area contributed by atoms with Crippen LogP contribution in [-0.4, -0.2) is 16.3 Å². The van der Waals surface area contributed by atoms with Crippen molar-refractivity contribution >= 4 is 18.0 Å². The summed E-state index contributed by atoms with van der Waals surface area (Å²) in [7, 11) is 0. The summed E-state index contributed by atoms with van der Waals surface area (Å²) < 4.78 is 13.8. The monoisotopic (exact) mass is 276 g/mol. The van der Waals surface area contributed by atoms with Crippen molar-refractivity contribution in [2.75, 3.05) is 0 Å². The van der Waals surface area contributed by atoms with Gasteiger partial charge in [0.1, 0.15) is 12.1 Å². The summed E-state index contributed by atoms with van der Waals surface area (Å²) in [5.41, 5.74) is 3.14. The number of aldehydes is 1. The highest BCUT2D eigenvalue weighted by atomic mass is 32.2. The van der Waals surface area contributed by atoms with Crippen molar-refractivity contribution < 1.29 is 9.18 Å². The fourth-order valence-corrected chi connectivity index (χ4v) is 2.41. The Labute approximate surface area is 115 Å². The SMILES string of the molecule is Cc1nc(Sc2ccc(C=O)cc2F)nc(C)c1C. The van der Waals surface area contributed by atoms with Crippen LogP contribution in [0.25, 0.3) is 0 Å². The van der Waals surface area contributed by atoms with Crippen molar-refractivity contribution in [2.24, 2.45) is 0 Å². The Balaban J connectivity index is 2.33. The lowest BCUT2D eigenvalue weighted by molar-refractivity contribution is 0.112. The third-order valence-electron chi connectivity index (χ3n) is 2.91. The number of hydrogen-bond acceptors (Lipinski definition) is 4. The van der Waals surface area contributed by atoms with Crippen LogP contribution in [0, 0.1) is 26.6 Å². The van der Waals surface area contributed by atoms with E-state index in [-0.39, 0.29) is 0 Å². The third-order valence-corrected chi connectivity index (χ3v) is 3.82. The molecule has 98 valence electrons. The maximum atomic E-state index is 13.8. The quantitative estimate of drug-likeness (QED) is 0.635. The minimum Gasteiger partial charge on any atom is -0.298 e. The van der Waals surface area contributed by atoms with Gasteiger partial charge in [-0.25, -0.2) is 14.4 Å². The molecular weight excluding hydrogens is 263 g/mol. The number of carbonyl (C=O) groups excluding carboxylic acids is 1. The third kappa shape index (κ3) is 2.98. The summed E-state index contributed by atoms with van der Waals surface area (Å²) >= 11 is 1.16. The standard InChI is InChI=1S/C14H13FN2OS/c1-8-9(2)16-14(17-10(8)3)19-13-5-4-11(7-18)6-12(13)15/h4-7H,1-3H3. The highest BCUT2D eigenvalue weighted by Crippen LogP contribution is 2.28. The van der Waals surface area contributed by atoms with E-state index in [1.807, 2.05) is 20.8 Å². The number of aromatic nitrogens is 2. The topological polar surface area (TPSA) is 42.9 Å². The van der Waals surface area contributed by atoms with E-state index in [4.69, 9.17) is 0 Å². The van der Waals surface area contributed by atoms with Crippen LogP contribution in [0.15, 0.2) is 28.3 Å². The van der Waals surface area contributed by atoms with Crippen LogP contribution in [0.1, 0.15) is 27.3 Å². The number of nitrogens with zero attached hydrogens (tertiary/aromatic N) is 2. The molecule has 0 bridgehead atoms. The first-order chi connectivity index (χ1) is 9.01. The average Bonchev–Trinajstić information content (AvgIpc) is 2.38.